The average molecular weight is 412 g/mol. The summed E-state index contributed by atoms with van der Waals surface area (Å²) in [6.45, 7) is 8.31. The van der Waals surface area contributed by atoms with Gasteiger partial charge in [-0.3, -0.25) is 4.79 Å². The smallest absolute Gasteiger partial charge is 0.263 e. The lowest BCUT2D eigenvalue weighted by molar-refractivity contribution is -0.117. The zero-order valence-electron chi connectivity index (χ0n) is 18.7. The molecule has 1 saturated heterocycles. The molecule has 1 aliphatic heterocycles. The second-order valence-electron chi connectivity index (χ2n) is 9.74. The molecule has 2 aliphatic rings. The number of ether oxygens (including phenoxy) is 2. The molecule has 0 radical (unpaired) electrons. The van der Waals surface area contributed by atoms with E-state index in [1.165, 1.54) is 6.42 Å². The Bertz CT molecular complexity index is 871. The maximum atomic E-state index is 12.6. The topological polar surface area (TPSA) is 74.6 Å². The van der Waals surface area contributed by atoms with Crippen LogP contribution in [0.5, 0.6) is 11.5 Å². The van der Waals surface area contributed by atoms with Gasteiger partial charge in [0.15, 0.2) is 11.5 Å². The SMILES string of the molecule is COc1ccc(CCNC(=O)/C(C#N)=C\N2CC3(C)CC2CC(C)(C)C3)cc1OC. The molecule has 1 aromatic carbocycles. The number of fused-ring (bicyclic) bond motifs is 2. The zero-order chi connectivity index (χ0) is 21.9. The van der Waals surface area contributed by atoms with Gasteiger partial charge in [0.05, 0.1) is 14.2 Å². The molecule has 30 heavy (non-hydrogen) atoms. The number of rotatable bonds is 7. The summed E-state index contributed by atoms with van der Waals surface area (Å²) in [5, 5.41) is 12.4. The molecule has 2 atom stereocenters. The lowest BCUT2D eigenvalue weighted by Gasteiger charge is -2.39. The van der Waals surface area contributed by atoms with Crippen LogP contribution in [0.4, 0.5) is 0 Å². The number of carbonyl (C=O) groups is 1. The third-order valence-corrected chi connectivity index (χ3v) is 6.26. The van der Waals surface area contributed by atoms with E-state index in [1.54, 1.807) is 20.4 Å². The summed E-state index contributed by atoms with van der Waals surface area (Å²) in [4.78, 5) is 14.8. The maximum absolute atomic E-state index is 12.6. The van der Waals surface area contributed by atoms with Crippen molar-refractivity contribution < 1.29 is 14.3 Å². The van der Waals surface area contributed by atoms with Crippen LogP contribution in [0.3, 0.4) is 0 Å². The van der Waals surface area contributed by atoms with Gasteiger partial charge in [0.25, 0.3) is 5.91 Å². The van der Waals surface area contributed by atoms with Gasteiger partial charge in [-0.2, -0.15) is 5.26 Å². The van der Waals surface area contributed by atoms with Crippen molar-refractivity contribution in [2.75, 3.05) is 27.3 Å². The van der Waals surface area contributed by atoms with Crippen molar-refractivity contribution in [2.24, 2.45) is 10.8 Å². The standard InChI is InChI=1S/C24H33N3O3/c1-23(2)11-19-12-24(3,15-23)16-27(19)14-18(13-25)22(28)26-9-8-17-6-7-20(29-4)21(10-17)30-5/h6-7,10,14,19H,8-9,11-12,15-16H2,1-5H3,(H,26,28)/b18-14-. The van der Waals surface area contributed by atoms with Crippen molar-refractivity contribution in [3.63, 3.8) is 0 Å². The molecule has 1 aliphatic carbocycles. The molecule has 1 aromatic rings. The fourth-order valence-corrected chi connectivity index (χ4v) is 5.41. The van der Waals surface area contributed by atoms with Gasteiger partial charge in [-0.25, -0.2) is 0 Å². The number of likely N-dealkylation sites (tertiary alicyclic amines) is 1. The van der Waals surface area contributed by atoms with Crippen LogP contribution in [-0.2, 0) is 11.2 Å². The van der Waals surface area contributed by atoms with E-state index >= 15 is 0 Å². The van der Waals surface area contributed by atoms with E-state index in [4.69, 9.17) is 9.47 Å². The van der Waals surface area contributed by atoms with E-state index in [0.29, 0.717) is 35.9 Å². The summed E-state index contributed by atoms with van der Waals surface area (Å²) < 4.78 is 10.6. The monoisotopic (exact) mass is 411 g/mol. The average Bonchev–Trinajstić information content (AvgIpc) is 2.93. The number of hydrogen-bond acceptors (Lipinski definition) is 5. The first-order valence-corrected chi connectivity index (χ1v) is 10.6. The number of hydrogen-bond donors (Lipinski definition) is 1. The minimum absolute atomic E-state index is 0.177. The summed E-state index contributed by atoms with van der Waals surface area (Å²) in [6.07, 6.45) is 5.83. The number of nitriles is 1. The van der Waals surface area contributed by atoms with Gasteiger partial charge in [-0.15, -0.1) is 0 Å². The molecule has 1 N–H and O–H groups in total. The van der Waals surface area contributed by atoms with Crippen molar-refractivity contribution in [1.29, 1.82) is 5.26 Å². The summed E-state index contributed by atoms with van der Waals surface area (Å²) in [7, 11) is 3.20. The molecule has 162 valence electrons. The quantitative estimate of drug-likeness (QED) is 0.547. The van der Waals surface area contributed by atoms with Gasteiger partial charge in [-0.1, -0.05) is 26.8 Å². The van der Waals surface area contributed by atoms with Crippen LogP contribution in [0.2, 0.25) is 0 Å². The van der Waals surface area contributed by atoms with Crippen LogP contribution < -0.4 is 14.8 Å². The summed E-state index contributed by atoms with van der Waals surface area (Å²) >= 11 is 0. The van der Waals surface area contributed by atoms with Gasteiger partial charge < -0.3 is 19.7 Å². The second-order valence-corrected chi connectivity index (χ2v) is 9.74. The van der Waals surface area contributed by atoms with E-state index in [9.17, 15) is 10.1 Å². The Morgan fingerprint density at radius 3 is 2.67 bits per heavy atom. The highest BCUT2D eigenvalue weighted by molar-refractivity contribution is 5.97. The van der Waals surface area contributed by atoms with Crippen molar-refractivity contribution >= 4 is 5.91 Å². The molecule has 0 spiro atoms. The van der Waals surface area contributed by atoms with Crippen LogP contribution in [0.1, 0.15) is 45.6 Å². The van der Waals surface area contributed by atoms with Crippen molar-refractivity contribution in [3.05, 3.63) is 35.5 Å². The first kappa shape index (κ1) is 22.0. The van der Waals surface area contributed by atoms with Crippen LogP contribution in [0.15, 0.2) is 30.0 Å². The molecule has 2 fully saturated rings. The predicted molar refractivity (Wildman–Crippen MR) is 116 cm³/mol. The Balaban J connectivity index is 1.60. The van der Waals surface area contributed by atoms with E-state index in [0.717, 1.165) is 24.9 Å². The highest BCUT2D eigenvalue weighted by atomic mass is 16.5. The van der Waals surface area contributed by atoms with Gasteiger partial charge >= 0.3 is 0 Å². The van der Waals surface area contributed by atoms with Crippen LogP contribution in [0, 0.1) is 22.2 Å². The van der Waals surface area contributed by atoms with Crippen LogP contribution in [-0.4, -0.2) is 44.2 Å². The van der Waals surface area contributed by atoms with Gasteiger partial charge in [0.2, 0.25) is 0 Å². The van der Waals surface area contributed by atoms with Crippen LogP contribution in [0.25, 0.3) is 0 Å². The predicted octanol–water partition coefficient (Wildman–Crippen LogP) is 3.67. The fourth-order valence-electron chi connectivity index (χ4n) is 5.41. The van der Waals surface area contributed by atoms with Crippen molar-refractivity contribution in [3.8, 4) is 17.6 Å². The third-order valence-electron chi connectivity index (χ3n) is 6.26. The van der Waals surface area contributed by atoms with E-state index in [2.05, 4.69) is 37.1 Å². The number of carbonyl (C=O) groups excluding carboxylic acids is 1. The molecular formula is C24H33N3O3. The largest absolute Gasteiger partial charge is 0.493 e. The summed E-state index contributed by atoms with van der Waals surface area (Å²) in [6, 6.07) is 8.20. The molecule has 1 amide bonds. The normalized spacial score (nSPS) is 24.9. The molecular weight excluding hydrogens is 378 g/mol. The molecule has 1 saturated carbocycles. The molecule has 2 unspecified atom stereocenters. The van der Waals surface area contributed by atoms with Crippen LogP contribution >= 0.6 is 0 Å². The molecule has 6 heteroatoms. The Morgan fingerprint density at radius 2 is 2.00 bits per heavy atom. The van der Waals surface area contributed by atoms with E-state index < -0.39 is 0 Å². The van der Waals surface area contributed by atoms with Gasteiger partial charge in [0, 0.05) is 25.3 Å². The van der Waals surface area contributed by atoms with E-state index in [-0.39, 0.29) is 16.9 Å². The Labute approximate surface area is 179 Å². The Hall–Kier alpha value is -2.68. The Kier molecular flexibility index (Phi) is 6.30. The number of nitrogens with zero attached hydrogens (tertiary/aromatic N) is 2. The minimum Gasteiger partial charge on any atom is -0.493 e. The number of nitrogens with one attached hydrogen (secondary N) is 1. The number of methoxy groups -OCH3 is 2. The Morgan fingerprint density at radius 1 is 1.27 bits per heavy atom. The second kappa shape index (κ2) is 8.59. The summed E-state index contributed by atoms with van der Waals surface area (Å²) in [5.41, 5.74) is 1.76. The fraction of sp³-hybridized carbons (Fsp3) is 0.583. The molecule has 1 heterocycles. The first-order chi connectivity index (χ1) is 14.2. The highest BCUT2D eigenvalue weighted by Crippen LogP contribution is 2.52. The molecule has 3 rings (SSSR count). The van der Waals surface area contributed by atoms with Gasteiger partial charge in [-0.05, 0) is 54.2 Å². The molecule has 6 nitrogen and oxygen atoms in total. The zero-order valence-corrected chi connectivity index (χ0v) is 18.7. The van der Waals surface area contributed by atoms with Crippen molar-refractivity contribution in [1.82, 2.24) is 10.2 Å². The molecule has 0 aromatic heterocycles. The number of benzene rings is 1. The first-order valence-electron chi connectivity index (χ1n) is 10.6. The molecule has 2 bridgehead atoms. The van der Waals surface area contributed by atoms with Crippen molar-refractivity contribution in [2.45, 2.75) is 52.5 Å². The summed E-state index contributed by atoms with van der Waals surface area (Å²) in [5.74, 6) is 1.02. The number of amides is 1. The lowest BCUT2D eigenvalue weighted by atomic mass is 9.65. The highest BCUT2D eigenvalue weighted by Gasteiger charge is 2.48. The maximum Gasteiger partial charge on any atom is 0.263 e. The third kappa shape index (κ3) is 4.89. The lowest BCUT2D eigenvalue weighted by Crippen LogP contribution is -2.34. The minimum atomic E-state index is -0.316. The van der Waals surface area contributed by atoms with E-state index in [1.807, 2.05) is 18.2 Å². The van der Waals surface area contributed by atoms with Gasteiger partial charge in [0.1, 0.15) is 11.6 Å².